The van der Waals surface area contributed by atoms with Crippen molar-refractivity contribution in [2.24, 2.45) is 5.10 Å². The van der Waals surface area contributed by atoms with E-state index in [1.807, 2.05) is 36.5 Å². The number of rotatable bonds is 8. The Labute approximate surface area is 176 Å². The molecule has 8 nitrogen and oxygen atoms in total. The third-order valence-corrected chi connectivity index (χ3v) is 4.71. The van der Waals surface area contributed by atoms with Crippen molar-refractivity contribution in [2.75, 3.05) is 39.4 Å². The zero-order valence-electron chi connectivity index (χ0n) is 16.3. The van der Waals surface area contributed by atoms with Crippen LogP contribution in [0, 0.1) is 11.3 Å². The zero-order chi connectivity index (χ0) is 20.3. The first-order chi connectivity index (χ1) is 14.3. The van der Waals surface area contributed by atoms with Crippen LogP contribution in [-0.2, 0) is 11.3 Å². The van der Waals surface area contributed by atoms with Crippen molar-refractivity contribution in [3.05, 3.63) is 42.1 Å². The van der Waals surface area contributed by atoms with Gasteiger partial charge < -0.3 is 10.1 Å². The number of nitriles is 1. The van der Waals surface area contributed by atoms with E-state index in [2.05, 4.69) is 31.9 Å². The van der Waals surface area contributed by atoms with Crippen molar-refractivity contribution in [3.63, 3.8) is 0 Å². The molecule has 9 heteroatoms. The average Bonchev–Trinajstić information content (AvgIpc) is 3.16. The third kappa shape index (κ3) is 6.64. The van der Waals surface area contributed by atoms with Gasteiger partial charge in [0.05, 0.1) is 38.5 Å². The lowest BCUT2D eigenvalue weighted by atomic mass is 10.1. The molecule has 0 atom stereocenters. The molecule has 0 unspecified atom stereocenters. The Morgan fingerprint density at radius 3 is 2.83 bits per heavy atom. The molecule has 1 aromatic carbocycles. The monoisotopic (exact) mass is 411 g/mol. The highest BCUT2D eigenvalue weighted by Crippen LogP contribution is 2.20. The number of nitrogens with zero attached hydrogens (tertiary/aromatic N) is 5. The van der Waals surface area contributed by atoms with E-state index in [-0.39, 0.29) is 0 Å². The maximum atomic E-state index is 8.82. The van der Waals surface area contributed by atoms with Crippen LogP contribution in [0.25, 0.3) is 11.3 Å². The van der Waals surface area contributed by atoms with Crippen LogP contribution in [0.2, 0.25) is 0 Å². The van der Waals surface area contributed by atoms with Gasteiger partial charge in [0.2, 0.25) is 0 Å². The minimum Gasteiger partial charge on any atom is -0.379 e. The summed E-state index contributed by atoms with van der Waals surface area (Å²) in [5.41, 5.74) is 5.53. The van der Waals surface area contributed by atoms with Crippen LogP contribution in [0.4, 0.5) is 0 Å². The van der Waals surface area contributed by atoms with Gasteiger partial charge in [-0.05, 0) is 12.2 Å². The van der Waals surface area contributed by atoms with Crippen molar-refractivity contribution in [1.82, 2.24) is 25.4 Å². The van der Waals surface area contributed by atoms with E-state index < -0.39 is 0 Å². The van der Waals surface area contributed by atoms with E-state index in [0.29, 0.717) is 18.1 Å². The number of thiocarbonyl (C=S) groups is 1. The Balaban J connectivity index is 1.55. The Morgan fingerprint density at radius 1 is 1.28 bits per heavy atom. The second kappa shape index (κ2) is 11.3. The van der Waals surface area contributed by atoms with Gasteiger partial charge in [0.1, 0.15) is 5.69 Å². The molecule has 0 radical (unpaired) electrons. The summed E-state index contributed by atoms with van der Waals surface area (Å²) in [4.78, 5) is 2.34. The lowest BCUT2D eigenvalue weighted by Crippen LogP contribution is -2.42. The molecule has 2 heterocycles. The minimum absolute atomic E-state index is 0.405. The quantitative estimate of drug-likeness (QED) is 0.387. The molecule has 3 rings (SSSR count). The highest BCUT2D eigenvalue weighted by molar-refractivity contribution is 7.80. The van der Waals surface area contributed by atoms with Crippen molar-refractivity contribution in [2.45, 2.75) is 13.0 Å². The Bertz CT molecular complexity index is 853. The number of benzene rings is 1. The van der Waals surface area contributed by atoms with E-state index in [1.54, 1.807) is 10.9 Å². The number of morpholine rings is 1. The lowest BCUT2D eigenvalue weighted by molar-refractivity contribution is 0.0389. The number of hydrazone groups is 1. The molecular formula is C20H25N7OS. The van der Waals surface area contributed by atoms with Crippen LogP contribution in [0.5, 0.6) is 0 Å². The van der Waals surface area contributed by atoms with E-state index in [0.717, 1.165) is 56.2 Å². The van der Waals surface area contributed by atoms with Gasteiger partial charge in [0, 0.05) is 43.5 Å². The summed E-state index contributed by atoms with van der Waals surface area (Å²) in [5.74, 6) is 0. The van der Waals surface area contributed by atoms with Gasteiger partial charge in [0.15, 0.2) is 5.11 Å². The molecule has 0 aliphatic carbocycles. The molecule has 29 heavy (non-hydrogen) atoms. The molecule has 0 saturated carbocycles. The van der Waals surface area contributed by atoms with Gasteiger partial charge in [-0.15, -0.1) is 0 Å². The number of hydrogen-bond donors (Lipinski definition) is 2. The minimum atomic E-state index is 0.405. The molecule has 1 aliphatic heterocycles. The number of aryl methyl sites for hydroxylation is 1. The molecule has 152 valence electrons. The molecule has 0 amide bonds. The largest absolute Gasteiger partial charge is 0.379 e. The lowest BCUT2D eigenvalue weighted by Gasteiger charge is -2.26. The highest BCUT2D eigenvalue weighted by atomic mass is 32.1. The van der Waals surface area contributed by atoms with E-state index in [1.165, 1.54) is 0 Å². The van der Waals surface area contributed by atoms with Gasteiger partial charge in [0.25, 0.3) is 0 Å². The fourth-order valence-electron chi connectivity index (χ4n) is 2.98. The van der Waals surface area contributed by atoms with Crippen molar-refractivity contribution in [1.29, 1.82) is 5.26 Å². The van der Waals surface area contributed by atoms with E-state index >= 15 is 0 Å². The first kappa shape index (κ1) is 20.9. The normalized spacial score (nSPS) is 14.6. The third-order valence-electron chi connectivity index (χ3n) is 4.48. The maximum Gasteiger partial charge on any atom is 0.187 e. The maximum absolute atomic E-state index is 8.82. The average molecular weight is 412 g/mol. The second-order valence-corrected chi connectivity index (χ2v) is 6.96. The van der Waals surface area contributed by atoms with Gasteiger partial charge in [-0.3, -0.25) is 15.0 Å². The van der Waals surface area contributed by atoms with Gasteiger partial charge in [-0.1, -0.05) is 30.3 Å². The SMILES string of the molecule is N#CCCn1cc(/C=N\NC(=S)NCCN2CCOCC2)c(-c2ccccc2)n1. The van der Waals surface area contributed by atoms with Gasteiger partial charge >= 0.3 is 0 Å². The molecule has 1 fully saturated rings. The summed E-state index contributed by atoms with van der Waals surface area (Å²) < 4.78 is 7.11. The smallest absolute Gasteiger partial charge is 0.187 e. The van der Waals surface area contributed by atoms with Crippen molar-refractivity contribution >= 4 is 23.5 Å². The highest BCUT2D eigenvalue weighted by Gasteiger charge is 2.10. The molecule has 1 saturated heterocycles. The van der Waals surface area contributed by atoms with Crippen LogP contribution >= 0.6 is 12.2 Å². The second-order valence-electron chi connectivity index (χ2n) is 6.55. The summed E-state index contributed by atoms with van der Waals surface area (Å²) in [7, 11) is 0. The first-order valence-electron chi connectivity index (χ1n) is 9.63. The van der Waals surface area contributed by atoms with Crippen LogP contribution in [0.15, 0.2) is 41.6 Å². The van der Waals surface area contributed by atoms with Gasteiger partial charge in [-0.2, -0.15) is 15.5 Å². The van der Waals surface area contributed by atoms with Crippen molar-refractivity contribution in [3.8, 4) is 17.3 Å². The summed E-state index contributed by atoms with van der Waals surface area (Å²) >= 11 is 5.29. The van der Waals surface area contributed by atoms with Crippen LogP contribution < -0.4 is 10.7 Å². The Hall–Kier alpha value is -2.80. The molecule has 0 bridgehead atoms. The van der Waals surface area contributed by atoms with Crippen LogP contribution in [0.1, 0.15) is 12.0 Å². The molecule has 0 spiro atoms. The topological polar surface area (TPSA) is 90.5 Å². The number of ether oxygens (including phenoxy) is 1. The van der Waals surface area contributed by atoms with E-state index in [9.17, 15) is 0 Å². The molecular weight excluding hydrogens is 386 g/mol. The van der Waals surface area contributed by atoms with Crippen molar-refractivity contribution < 1.29 is 4.74 Å². The predicted octanol–water partition coefficient (Wildman–Crippen LogP) is 1.59. The summed E-state index contributed by atoms with van der Waals surface area (Å²) in [6.07, 6.45) is 4.00. The van der Waals surface area contributed by atoms with Gasteiger partial charge in [-0.25, -0.2) is 0 Å². The fourth-order valence-corrected chi connectivity index (χ4v) is 3.14. The Morgan fingerprint density at radius 2 is 2.07 bits per heavy atom. The molecule has 2 N–H and O–H groups in total. The number of aromatic nitrogens is 2. The predicted molar refractivity (Wildman–Crippen MR) is 116 cm³/mol. The summed E-state index contributed by atoms with van der Waals surface area (Å²) in [6, 6.07) is 12.0. The molecule has 2 aromatic rings. The zero-order valence-corrected chi connectivity index (χ0v) is 17.1. The van der Waals surface area contributed by atoms with E-state index in [4.69, 9.17) is 22.2 Å². The first-order valence-corrected chi connectivity index (χ1v) is 10.0. The number of hydrogen-bond acceptors (Lipinski definition) is 6. The molecule has 1 aromatic heterocycles. The van der Waals surface area contributed by atoms with Crippen LogP contribution in [0.3, 0.4) is 0 Å². The fraction of sp³-hybridized carbons (Fsp3) is 0.400. The molecule has 1 aliphatic rings. The van der Waals surface area contributed by atoms with Crippen LogP contribution in [-0.4, -0.2) is 65.4 Å². The standard InChI is InChI=1S/C20H25N7OS/c21-7-4-9-27-16-18(19(25-27)17-5-2-1-3-6-17)15-23-24-20(29)22-8-10-26-11-13-28-14-12-26/h1-3,5-6,15-16H,4,8-14H2,(H2,22,24,29)/b23-15-. The summed E-state index contributed by atoms with van der Waals surface area (Å²) in [5, 5.41) is 21.3. The number of nitrogens with one attached hydrogen (secondary N) is 2. The summed E-state index contributed by atoms with van der Waals surface area (Å²) in [6.45, 7) is 5.70. The Kier molecular flexibility index (Phi) is 8.12.